The lowest BCUT2D eigenvalue weighted by Crippen LogP contribution is -2.23. The van der Waals surface area contributed by atoms with Gasteiger partial charge >= 0.3 is 0 Å². The molecule has 2 aromatic heterocycles. The van der Waals surface area contributed by atoms with E-state index in [0.717, 1.165) is 29.4 Å². The van der Waals surface area contributed by atoms with Gasteiger partial charge in [-0.1, -0.05) is 0 Å². The standard InChI is InChI=1S/C13H17N3O2S.ClH/c1-14-6-2-5-12(17)15-8-10-9-19-13(16-10)11-4-3-7-18-11;/h3-4,7,9,14H,2,5-6,8H2,1H3,(H,15,17);1H. The van der Waals surface area contributed by atoms with Gasteiger partial charge in [-0.15, -0.1) is 23.7 Å². The van der Waals surface area contributed by atoms with E-state index in [1.807, 2.05) is 24.6 Å². The van der Waals surface area contributed by atoms with E-state index >= 15 is 0 Å². The molecule has 7 heteroatoms. The Balaban J connectivity index is 0.00000200. The van der Waals surface area contributed by atoms with E-state index in [9.17, 15) is 4.79 Å². The number of carbonyl (C=O) groups excluding carboxylic acids is 1. The molecule has 2 heterocycles. The number of rotatable bonds is 7. The summed E-state index contributed by atoms with van der Waals surface area (Å²) in [4.78, 5) is 16.0. The Morgan fingerprint density at radius 2 is 2.35 bits per heavy atom. The maximum absolute atomic E-state index is 11.5. The van der Waals surface area contributed by atoms with Crippen LogP contribution in [0.5, 0.6) is 0 Å². The summed E-state index contributed by atoms with van der Waals surface area (Å²) in [7, 11) is 1.88. The van der Waals surface area contributed by atoms with Gasteiger partial charge in [-0.05, 0) is 32.1 Å². The second-order valence-corrected chi connectivity index (χ2v) is 4.96. The normalized spacial score (nSPS) is 10.1. The number of carbonyl (C=O) groups is 1. The van der Waals surface area contributed by atoms with Crippen LogP contribution >= 0.6 is 23.7 Å². The fourth-order valence-corrected chi connectivity index (χ4v) is 2.39. The van der Waals surface area contributed by atoms with Crippen molar-refractivity contribution in [2.24, 2.45) is 0 Å². The number of aromatic nitrogens is 1. The molecule has 0 aliphatic carbocycles. The summed E-state index contributed by atoms with van der Waals surface area (Å²) >= 11 is 1.51. The number of hydrogen-bond acceptors (Lipinski definition) is 5. The fourth-order valence-electron chi connectivity index (χ4n) is 1.60. The molecule has 5 nitrogen and oxygen atoms in total. The smallest absolute Gasteiger partial charge is 0.220 e. The predicted molar refractivity (Wildman–Crippen MR) is 82.1 cm³/mol. The van der Waals surface area contributed by atoms with E-state index < -0.39 is 0 Å². The third-order valence-corrected chi connectivity index (χ3v) is 3.49. The molecule has 2 rings (SSSR count). The topological polar surface area (TPSA) is 67.2 Å². The fraction of sp³-hybridized carbons (Fsp3) is 0.385. The lowest BCUT2D eigenvalue weighted by Gasteiger charge is -2.02. The summed E-state index contributed by atoms with van der Waals surface area (Å²) in [6.45, 7) is 1.32. The highest BCUT2D eigenvalue weighted by atomic mass is 35.5. The summed E-state index contributed by atoms with van der Waals surface area (Å²) in [6, 6.07) is 3.71. The highest BCUT2D eigenvalue weighted by molar-refractivity contribution is 7.13. The van der Waals surface area contributed by atoms with Crippen LogP contribution in [0.3, 0.4) is 0 Å². The van der Waals surface area contributed by atoms with Crippen molar-refractivity contribution in [1.82, 2.24) is 15.6 Å². The molecule has 0 spiro atoms. The molecule has 2 aromatic rings. The Bertz CT molecular complexity index is 513. The van der Waals surface area contributed by atoms with E-state index in [1.165, 1.54) is 11.3 Å². The molecule has 0 aromatic carbocycles. The molecule has 0 fully saturated rings. The van der Waals surface area contributed by atoms with E-state index in [2.05, 4.69) is 15.6 Å². The molecule has 0 aliphatic rings. The quantitative estimate of drug-likeness (QED) is 0.770. The van der Waals surface area contributed by atoms with Crippen molar-refractivity contribution in [3.05, 3.63) is 29.5 Å². The zero-order chi connectivity index (χ0) is 13.5. The van der Waals surface area contributed by atoms with Gasteiger partial charge in [0.1, 0.15) is 0 Å². The van der Waals surface area contributed by atoms with Crippen molar-refractivity contribution >= 4 is 29.7 Å². The van der Waals surface area contributed by atoms with Gasteiger partial charge in [-0.2, -0.15) is 0 Å². The average molecular weight is 316 g/mol. The van der Waals surface area contributed by atoms with Gasteiger partial charge < -0.3 is 15.1 Å². The molecule has 110 valence electrons. The molecule has 0 saturated heterocycles. The first-order valence-electron chi connectivity index (χ1n) is 6.19. The Morgan fingerprint density at radius 3 is 3.05 bits per heavy atom. The molecular weight excluding hydrogens is 298 g/mol. The zero-order valence-corrected chi connectivity index (χ0v) is 12.9. The van der Waals surface area contributed by atoms with Gasteiger partial charge in [-0.25, -0.2) is 4.98 Å². The van der Waals surface area contributed by atoms with Crippen LogP contribution in [0.2, 0.25) is 0 Å². The van der Waals surface area contributed by atoms with Crippen molar-refractivity contribution < 1.29 is 9.21 Å². The first-order valence-corrected chi connectivity index (χ1v) is 7.07. The van der Waals surface area contributed by atoms with E-state index in [0.29, 0.717) is 13.0 Å². The number of nitrogens with zero attached hydrogens (tertiary/aromatic N) is 1. The molecule has 0 aliphatic heterocycles. The monoisotopic (exact) mass is 315 g/mol. The highest BCUT2D eigenvalue weighted by Crippen LogP contribution is 2.23. The SMILES string of the molecule is CNCCCC(=O)NCc1csc(-c2ccco2)n1.Cl. The molecular formula is C13H18ClN3O2S. The summed E-state index contributed by atoms with van der Waals surface area (Å²) < 4.78 is 5.28. The van der Waals surface area contributed by atoms with Crippen molar-refractivity contribution in [1.29, 1.82) is 0 Å². The third kappa shape index (κ3) is 4.96. The first-order chi connectivity index (χ1) is 9.29. The van der Waals surface area contributed by atoms with Crippen molar-refractivity contribution in [3.8, 4) is 10.8 Å². The summed E-state index contributed by atoms with van der Waals surface area (Å²) in [5.41, 5.74) is 0.860. The van der Waals surface area contributed by atoms with Crippen LogP contribution in [0.15, 0.2) is 28.2 Å². The lowest BCUT2D eigenvalue weighted by atomic mass is 10.3. The number of amides is 1. The Hall–Kier alpha value is -1.37. The Morgan fingerprint density at radius 1 is 1.50 bits per heavy atom. The van der Waals surface area contributed by atoms with Crippen LogP contribution in [-0.2, 0) is 11.3 Å². The van der Waals surface area contributed by atoms with E-state index in [4.69, 9.17) is 4.42 Å². The minimum atomic E-state index is 0. The van der Waals surface area contributed by atoms with Gasteiger partial charge in [0.2, 0.25) is 5.91 Å². The molecule has 0 radical (unpaired) electrons. The number of hydrogen-bond donors (Lipinski definition) is 2. The molecule has 20 heavy (non-hydrogen) atoms. The minimum Gasteiger partial charge on any atom is -0.462 e. The second kappa shape index (κ2) is 8.73. The summed E-state index contributed by atoms with van der Waals surface area (Å²) in [5.74, 6) is 0.819. The Kier molecular flexibility index (Phi) is 7.28. The van der Waals surface area contributed by atoms with Crippen molar-refractivity contribution in [3.63, 3.8) is 0 Å². The molecule has 1 amide bonds. The summed E-state index contributed by atoms with van der Waals surface area (Å²) in [6.07, 6.45) is 3.01. The largest absolute Gasteiger partial charge is 0.462 e. The summed E-state index contributed by atoms with van der Waals surface area (Å²) in [5, 5.41) is 8.65. The van der Waals surface area contributed by atoms with Gasteiger partial charge in [0.05, 0.1) is 18.5 Å². The van der Waals surface area contributed by atoms with Crippen LogP contribution in [-0.4, -0.2) is 24.5 Å². The number of halogens is 1. The second-order valence-electron chi connectivity index (χ2n) is 4.11. The number of furan rings is 1. The van der Waals surface area contributed by atoms with Crippen molar-refractivity contribution in [2.45, 2.75) is 19.4 Å². The predicted octanol–water partition coefficient (Wildman–Crippen LogP) is 2.44. The van der Waals surface area contributed by atoms with Crippen LogP contribution < -0.4 is 10.6 Å². The molecule has 0 unspecified atom stereocenters. The first kappa shape index (κ1) is 16.7. The molecule has 0 saturated carbocycles. The maximum atomic E-state index is 11.5. The van der Waals surface area contributed by atoms with Gasteiger partial charge in [0.15, 0.2) is 10.8 Å². The average Bonchev–Trinajstić information content (AvgIpc) is 3.07. The van der Waals surface area contributed by atoms with E-state index in [1.54, 1.807) is 6.26 Å². The molecule has 2 N–H and O–H groups in total. The molecule has 0 atom stereocenters. The van der Waals surface area contributed by atoms with Gasteiger partial charge in [0.25, 0.3) is 0 Å². The molecule has 0 bridgehead atoms. The minimum absolute atomic E-state index is 0. The Labute approximate surface area is 128 Å². The highest BCUT2D eigenvalue weighted by Gasteiger charge is 2.08. The zero-order valence-electron chi connectivity index (χ0n) is 11.2. The van der Waals surface area contributed by atoms with Crippen LogP contribution in [0.1, 0.15) is 18.5 Å². The van der Waals surface area contributed by atoms with Crippen LogP contribution in [0.25, 0.3) is 10.8 Å². The van der Waals surface area contributed by atoms with Gasteiger partial charge in [-0.3, -0.25) is 4.79 Å². The lowest BCUT2D eigenvalue weighted by molar-refractivity contribution is -0.121. The number of nitrogens with one attached hydrogen (secondary N) is 2. The van der Waals surface area contributed by atoms with Crippen LogP contribution in [0, 0.1) is 0 Å². The maximum Gasteiger partial charge on any atom is 0.220 e. The van der Waals surface area contributed by atoms with E-state index in [-0.39, 0.29) is 18.3 Å². The van der Waals surface area contributed by atoms with Gasteiger partial charge in [0, 0.05) is 11.8 Å². The third-order valence-electron chi connectivity index (χ3n) is 2.58. The van der Waals surface area contributed by atoms with Crippen LogP contribution in [0.4, 0.5) is 0 Å². The van der Waals surface area contributed by atoms with Crippen molar-refractivity contribution in [2.75, 3.05) is 13.6 Å². The number of thiazole rings is 1.